The lowest BCUT2D eigenvalue weighted by Gasteiger charge is -2.15. The number of fused-ring (bicyclic) bond motifs is 1. The maximum atomic E-state index is 13.1. The van der Waals surface area contributed by atoms with Crippen LogP contribution in [0.4, 0.5) is 24.5 Å². The van der Waals surface area contributed by atoms with Gasteiger partial charge in [0.1, 0.15) is 0 Å². The monoisotopic (exact) mass is 322 g/mol. The fourth-order valence-corrected chi connectivity index (χ4v) is 2.38. The third kappa shape index (κ3) is 2.85. The summed E-state index contributed by atoms with van der Waals surface area (Å²) in [6.45, 7) is 0. The topological polar surface area (TPSA) is 24.9 Å². The van der Waals surface area contributed by atoms with Crippen molar-refractivity contribution in [1.82, 2.24) is 4.98 Å². The van der Waals surface area contributed by atoms with Crippen LogP contribution >= 0.6 is 11.6 Å². The minimum atomic E-state index is -4.43. The van der Waals surface area contributed by atoms with Crippen LogP contribution < -0.4 is 5.32 Å². The number of hydrogen-bond donors (Lipinski definition) is 1. The maximum absolute atomic E-state index is 13.1. The Balaban J connectivity index is 2.10. The fraction of sp³-hybridized carbons (Fsp3) is 0.0625. The zero-order valence-electron chi connectivity index (χ0n) is 11.2. The van der Waals surface area contributed by atoms with E-state index in [4.69, 9.17) is 11.6 Å². The molecule has 1 aromatic heterocycles. The highest BCUT2D eigenvalue weighted by Gasteiger charge is 2.33. The second-order valence-electron chi connectivity index (χ2n) is 4.69. The first-order valence-corrected chi connectivity index (χ1v) is 6.80. The van der Waals surface area contributed by atoms with E-state index < -0.39 is 11.7 Å². The summed E-state index contributed by atoms with van der Waals surface area (Å²) in [6.07, 6.45) is -2.89. The molecular weight excluding hydrogens is 313 g/mol. The van der Waals surface area contributed by atoms with E-state index in [1.54, 1.807) is 30.3 Å². The van der Waals surface area contributed by atoms with Gasteiger partial charge in [-0.15, -0.1) is 0 Å². The Morgan fingerprint density at radius 3 is 2.50 bits per heavy atom. The van der Waals surface area contributed by atoms with Gasteiger partial charge in [-0.25, -0.2) is 0 Å². The summed E-state index contributed by atoms with van der Waals surface area (Å²) in [5, 5.41) is 3.98. The molecule has 1 heterocycles. The number of benzene rings is 2. The summed E-state index contributed by atoms with van der Waals surface area (Å²) in [5.41, 5.74) is 0.438. The molecule has 2 nitrogen and oxygen atoms in total. The number of rotatable bonds is 2. The van der Waals surface area contributed by atoms with Crippen LogP contribution in [0, 0.1) is 0 Å². The Morgan fingerprint density at radius 2 is 1.73 bits per heavy atom. The second kappa shape index (κ2) is 5.50. The molecule has 22 heavy (non-hydrogen) atoms. The van der Waals surface area contributed by atoms with Crippen molar-refractivity contribution >= 4 is 33.9 Å². The van der Waals surface area contributed by atoms with Gasteiger partial charge in [-0.05, 0) is 36.4 Å². The molecule has 0 saturated carbocycles. The molecule has 0 unspecified atom stereocenters. The molecule has 0 aliphatic heterocycles. The first-order chi connectivity index (χ1) is 10.4. The van der Waals surface area contributed by atoms with Gasteiger partial charge in [0.25, 0.3) is 0 Å². The predicted molar refractivity (Wildman–Crippen MR) is 81.5 cm³/mol. The Labute approximate surface area is 129 Å². The van der Waals surface area contributed by atoms with E-state index in [9.17, 15) is 13.2 Å². The van der Waals surface area contributed by atoms with Gasteiger partial charge in [-0.1, -0.05) is 23.7 Å². The van der Waals surface area contributed by atoms with Crippen molar-refractivity contribution in [3.05, 3.63) is 65.3 Å². The fourth-order valence-electron chi connectivity index (χ4n) is 2.21. The zero-order valence-corrected chi connectivity index (χ0v) is 11.9. The molecule has 0 saturated heterocycles. The molecule has 0 bridgehead atoms. The van der Waals surface area contributed by atoms with Gasteiger partial charge in [0.2, 0.25) is 0 Å². The quantitative estimate of drug-likeness (QED) is 0.659. The summed E-state index contributed by atoms with van der Waals surface area (Å²) < 4.78 is 39.2. The second-order valence-corrected chi connectivity index (χ2v) is 5.12. The van der Waals surface area contributed by atoms with Crippen molar-refractivity contribution in [2.24, 2.45) is 0 Å². The maximum Gasteiger partial charge on any atom is 0.418 e. The number of alkyl halides is 3. The minimum absolute atomic E-state index is 0.0116. The SMILES string of the molecule is FC(F)(F)c1ccccc1Nc1ccnc2ccc(Cl)cc12. The highest BCUT2D eigenvalue weighted by molar-refractivity contribution is 6.31. The normalized spacial score (nSPS) is 11.6. The predicted octanol–water partition coefficient (Wildman–Crippen LogP) is 5.65. The molecule has 1 N–H and O–H groups in total. The molecule has 0 aliphatic carbocycles. The largest absolute Gasteiger partial charge is 0.418 e. The van der Waals surface area contributed by atoms with E-state index in [0.29, 0.717) is 21.6 Å². The average Bonchev–Trinajstić information content (AvgIpc) is 2.47. The molecule has 6 heteroatoms. The molecule has 0 fully saturated rings. The summed E-state index contributed by atoms with van der Waals surface area (Å²) in [6, 6.07) is 12.0. The number of halogens is 4. The van der Waals surface area contributed by atoms with E-state index in [0.717, 1.165) is 6.07 Å². The smallest absolute Gasteiger partial charge is 0.354 e. The first-order valence-electron chi connectivity index (χ1n) is 6.43. The molecule has 0 atom stereocenters. The molecule has 112 valence electrons. The summed E-state index contributed by atoms with van der Waals surface area (Å²) in [4.78, 5) is 4.17. The Morgan fingerprint density at radius 1 is 0.955 bits per heavy atom. The summed E-state index contributed by atoms with van der Waals surface area (Å²) in [5.74, 6) is 0. The van der Waals surface area contributed by atoms with Crippen LogP contribution in [0.2, 0.25) is 5.02 Å². The number of pyridine rings is 1. The molecule has 0 radical (unpaired) electrons. The zero-order chi connectivity index (χ0) is 15.7. The molecule has 2 aromatic carbocycles. The van der Waals surface area contributed by atoms with Crippen molar-refractivity contribution in [2.45, 2.75) is 6.18 Å². The Hall–Kier alpha value is -2.27. The van der Waals surface area contributed by atoms with Crippen LogP contribution in [0.25, 0.3) is 10.9 Å². The van der Waals surface area contributed by atoms with Gasteiger partial charge in [0, 0.05) is 22.3 Å². The van der Waals surface area contributed by atoms with Crippen LogP contribution in [-0.2, 0) is 6.18 Å². The number of hydrogen-bond acceptors (Lipinski definition) is 2. The first kappa shape index (κ1) is 14.7. The highest BCUT2D eigenvalue weighted by atomic mass is 35.5. The highest BCUT2D eigenvalue weighted by Crippen LogP contribution is 2.37. The van der Waals surface area contributed by atoms with E-state index in [1.807, 2.05) is 0 Å². The van der Waals surface area contributed by atoms with E-state index in [1.165, 1.54) is 18.3 Å². The lowest BCUT2D eigenvalue weighted by atomic mass is 10.1. The van der Waals surface area contributed by atoms with Crippen molar-refractivity contribution in [3.8, 4) is 0 Å². The van der Waals surface area contributed by atoms with Gasteiger partial charge >= 0.3 is 6.18 Å². The number of aromatic nitrogens is 1. The van der Waals surface area contributed by atoms with Crippen LogP contribution in [0.5, 0.6) is 0 Å². The minimum Gasteiger partial charge on any atom is -0.354 e. The van der Waals surface area contributed by atoms with Crippen molar-refractivity contribution in [3.63, 3.8) is 0 Å². The molecular formula is C16H10ClF3N2. The lowest BCUT2D eigenvalue weighted by molar-refractivity contribution is -0.136. The van der Waals surface area contributed by atoms with Gasteiger partial charge in [-0.3, -0.25) is 4.98 Å². The molecule has 0 amide bonds. The van der Waals surface area contributed by atoms with E-state index >= 15 is 0 Å². The third-order valence-electron chi connectivity index (χ3n) is 3.21. The van der Waals surface area contributed by atoms with E-state index in [-0.39, 0.29) is 5.69 Å². The Bertz CT molecular complexity index is 831. The van der Waals surface area contributed by atoms with Crippen LogP contribution in [0.1, 0.15) is 5.56 Å². The van der Waals surface area contributed by atoms with Gasteiger partial charge in [0.15, 0.2) is 0 Å². The standard InChI is InChI=1S/C16H10ClF3N2/c17-10-5-6-13-11(9-10)14(7-8-21-13)22-15-4-2-1-3-12(15)16(18,19)20/h1-9H,(H,21,22). The van der Waals surface area contributed by atoms with Crippen molar-refractivity contribution in [1.29, 1.82) is 0 Å². The molecule has 3 rings (SSSR count). The molecule has 3 aromatic rings. The van der Waals surface area contributed by atoms with Gasteiger partial charge in [0.05, 0.1) is 16.8 Å². The molecule has 0 spiro atoms. The summed E-state index contributed by atoms with van der Waals surface area (Å²) >= 11 is 5.96. The number of anilines is 2. The number of nitrogens with one attached hydrogen (secondary N) is 1. The average molecular weight is 323 g/mol. The summed E-state index contributed by atoms with van der Waals surface area (Å²) in [7, 11) is 0. The number of nitrogens with zero attached hydrogens (tertiary/aromatic N) is 1. The van der Waals surface area contributed by atoms with Crippen LogP contribution in [-0.4, -0.2) is 4.98 Å². The molecule has 0 aliphatic rings. The van der Waals surface area contributed by atoms with Crippen molar-refractivity contribution < 1.29 is 13.2 Å². The number of para-hydroxylation sites is 1. The lowest BCUT2D eigenvalue weighted by Crippen LogP contribution is -2.08. The van der Waals surface area contributed by atoms with E-state index in [2.05, 4.69) is 10.3 Å². The van der Waals surface area contributed by atoms with Crippen LogP contribution in [0.3, 0.4) is 0 Å². The van der Waals surface area contributed by atoms with Crippen LogP contribution in [0.15, 0.2) is 54.7 Å². The van der Waals surface area contributed by atoms with Crippen molar-refractivity contribution in [2.75, 3.05) is 5.32 Å². The van der Waals surface area contributed by atoms with Gasteiger partial charge in [-0.2, -0.15) is 13.2 Å². The third-order valence-corrected chi connectivity index (χ3v) is 3.44. The Kier molecular flexibility index (Phi) is 3.66. The van der Waals surface area contributed by atoms with Gasteiger partial charge < -0.3 is 5.32 Å².